The number of alkyl halides is 2. The summed E-state index contributed by atoms with van der Waals surface area (Å²) in [7, 11) is 0. The maximum atomic E-state index is 12.1. The van der Waals surface area contributed by atoms with E-state index in [2.05, 4.69) is 0 Å². The van der Waals surface area contributed by atoms with Gasteiger partial charge in [0.2, 0.25) is 5.91 Å². The van der Waals surface area contributed by atoms with Crippen LogP contribution < -0.4 is 5.73 Å². The van der Waals surface area contributed by atoms with Crippen LogP contribution in [0, 0.1) is 0 Å². The zero-order valence-corrected chi connectivity index (χ0v) is 9.04. The predicted molar refractivity (Wildman–Crippen MR) is 52.6 cm³/mol. The number of amides is 1. The summed E-state index contributed by atoms with van der Waals surface area (Å²) in [5, 5.41) is 8.66. The van der Waals surface area contributed by atoms with E-state index in [9.17, 15) is 13.6 Å². The van der Waals surface area contributed by atoms with E-state index in [0.717, 1.165) is 4.90 Å². The number of rotatable bonds is 6. The Hall–Kier alpha value is -0.750. The first kappa shape index (κ1) is 14.2. The molecule has 15 heavy (non-hydrogen) atoms. The highest BCUT2D eigenvalue weighted by Gasteiger charge is 2.31. The van der Waals surface area contributed by atoms with Gasteiger partial charge in [-0.15, -0.1) is 0 Å². The summed E-state index contributed by atoms with van der Waals surface area (Å²) in [4.78, 5) is 12.6. The van der Waals surface area contributed by atoms with Crippen molar-refractivity contribution in [2.45, 2.75) is 32.2 Å². The largest absolute Gasteiger partial charge is 0.395 e. The van der Waals surface area contributed by atoms with Crippen molar-refractivity contribution < 1.29 is 18.7 Å². The van der Waals surface area contributed by atoms with Crippen LogP contribution in [0.25, 0.3) is 0 Å². The Labute approximate surface area is 88.0 Å². The molecule has 0 aliphatic heterocycles. The van der Waals surface area contributed by atoms with Gasteiger partial charge in [0.05, 0.1) is 18.7 Å². The molecule has 0 aromatic rings. The third-order valence-corrected chi connectivity index (χ3v) is 2.24. The lowest BCUT2D eigenvalue weighted by molar-refractivity contribution is -0.139. The van der Waals surface area contributed by atoms with E-state index in [0.29, 0.717) is 6.42 Å². The number of hydrogen-bond acceptors (Lipinski definition) is 3. The second kappa shape index (κ2) is 5.97. The molecule has 0 aliphatic carbocycles. The van der Waals surface area contributed by atoms with Gasteiger partial charge in [0, 0.05) is 6.54 Å². The lowest BCUT2D eigenvalue weighted by atomic mass is 9.98. The minimum atomic E-state index is -2.62. The third-order valence-electron chi connectivity index (χ3n) is 2.24. The number of aliphatic hydroxyl groups excluding tert-OH is 1. The number of hydrogen-bond donors (Lipinski definition) is 2. The number of aliphatic hydroxyl groups is 1. The van der Waals surface area contributed by atoms with E-state index in [-0.39, 0.29) is 13.2 Å². The second-order valence-electron chi connectivity index (χ2n) is 3.64. The predicted octanol–water partition coefficient (Wildman–Crippen LogP) is 0.200. The molecule has 0 radical (unpaired) electrons. The fourth-order valence-corrected chi connectivity index (χ4v) is 1.08. The van der Waals surface area contributed by atoms with Crippen molar-refractivity contribution in [2.24, 2.45) is 5.73 Å². The molecule has 3 N–H and O–H groups in total. The first-order valence-corrected chi connectivity index (χ1v) is 4.82. The first-order chi connectivity index (χ1) is 6.85. The molecular weight excluding hydrogens is 206 g/mol. The van der Waals surface area contributed by atoms with Crippen LogP contribution >= 0.6 is 0 Å². The minimum absolute atomic E-state index is 0.115. The summed E-state index contributed by atoms with van der Waals surface area (Å²) in [6.07, 6.45) is -2.26. The molecule has 1 unspecified atom stereocenters. The second-order valence-corrected chi connectivity index (χ2v) is 3.64. The summed E-state index contributed by atoms with van der Waals surface area (Å²) in [5.74, 6) is -0.556. The van der Waals surface area contributed by atoms with Crippen molar-refractivity contribution in [1.29, 1.82) is 0 Å². The zero-order chi connectivity index (χ0) is 12.1. The van der Waals surface area contributed by atoms with E-state index in [1.165, 1.54) is 6.92 Å². The zero-order valence-electron chi connectivity index (χ0n) is 9.04. The van der Waals surface area contributed by atoms with Gasteiger partial charge < -0.3 is 15.7 Å². The molecule has 0 bridgehead atoms. The number of carbonyl (C=O) groups is 1. The van der Waals surface area contributed by atoms with Gasteiger partial charge in [0.1, 0.15) is 0 Å². The van der Waals surface area contributed by atoms with Crippen molar-refractivity contribution in [3.63, 3.8) is 0 Å². The van der Waals surface area contributed by atoms with Crippen molar-refractivity contribution in [2.75, 3.05) is 19.7 Å². The number of halogens is 2. The van der Waals surface area contributed by atoms with Gasteiger partial charge in [-0.1, -0.05) is 6.92 Å². The Morgan fingerprint density at radius 2 is 2.13 bits per heavy atom. The molecule has 0 rings (SSSR count). The maximum absolute atomic E-state index is 12.1. The van der Waals surface area contributed by atoms with Crippen LogP contribution in [-0.2, 0) is 4.79 Å². The normalized spacial score (nSPS) is 15.1. The average Bonchev–Trinajstić information content (AvgIpc) is 2.15. The molecule has 0 saturated heterocycles. The molecule has 0 aromatic carbocycles. The molecule has 90 valence electrons. The molecule has 4 nitrogen and oxygen atoms in total. The molecule has 1 atom stereocenters. The van der Waals surface area contributed by atoms with Gasteiger partial charge in [0.25, 0.3) is 6.43 Å². The average molecular weight is 224 g/mol. The Bertz CT molecular complexity index is 210. The highest BCUT2D eigenvalue weighted by molar-refractivity contribution is 5.85. The summed E-state index contributed by atoms with van der Waals surface area (Å²) in [5.41, 5.74) is 4.50. The van der Waals surface area contributed by atoms with Crippen LogP contribution in [0.15, 0.2) is 0 Å². The molecule has 0 spiro atoms. The fraction of sp³-hybridized carbons (Fsp3) is 0.889. The molecule has 0 heterocycles. The minimum Gasteiger partial charge on any atom is -0.395 e. The summed E-state index contributed by atoms with van der Waals surface area (Å²) < 4.78 is 24.3. The fourth-order valence-electron chi connectivity index (χ4n) is 1.08. The lowest BCUT2D eigenvalue weighted by Gasteiger charge is -2.30. The number of carbonyl (C=O) groups excluding carboxylic acids is 1. The van der Waals surface area contributed by atoms with Gasteiger partial charge in [-0.2, -0.15) is 0 Å². The van der Waals surface area contributed by atoms with Crippen molar-refractivity contribution in [1.82, 2.24) is 4.90 Å². The Kier molecular flexibility index (Phi) is 5.67. The summed E-state index contributed by atoms with van der Waals surface area (Å²) >= 11 is 0. The molecule has 0 saturated carbocycles. The number of nitrogens with zero attached hydrogens (tertiary/aromatic N) is 1. The summed E-state index contributed by atoms with van der Waals surface area (Å²) in [6.45, 7) is 2.04. The Morgan fingerprint density at radius 3 is 2.47 bits per heavy atom. The molecule has 6 heteroatoms. The smallest absolute Gasteiger partial charge is 0.255 e. The van der Waals surface area contributed by atoms with Crippen molar-refractivity contribution in [3.8, 4) is 0 Å². The van der Waals surface area contributed by atoms with Crippen LogP contribution in [0.5, 0.6) is 0 Å². The SMILES string of the molecule is CCC(C)(N)C(=O)N(CCO)CC(F)F. The van der Waals surface area contributed by atoms with Crippen molar-refractivity contribution in [3.05, 3.63) is 0 Å². The Balaban J connectivity index is 4.54. The van der Waals surface area contributed by atoms with E-state index in [4.69, 9.17) is 10.8 Å². The van der Waals surface area contributed by atoms with Crippen LogP contribution in [0.1, 0.15) is 20.3 Å². The van der Waals surface area contributed by atoms with Gasteiger partial charge in [-0.05, 0) is 13.3 Å². The van der Waals surface area contributed by atoms with Crippen LogP contribution in [0.2, 0.25) is 0 Å². The molecular formula is C9H18F2N2O2. The maximum Gasteiger partial charge on any atom is 0.255 e. The number of nitrogens with two attached hydrogens (primary N) is 1. The van der Waals surface area contributed by atoms with E-state index in [1.54, 1.807) is 6.92 Å². The third kappa shape index (κ3) is 4.53. The topological polar surface area (TPSA) is 66.6 Å². The highest BCUT2D eigenvalue weighted by atomic mass is 19.3. The van der Waals surface area contributed by atoms with Crippen LogP contribution in [0.3, 0.4) is 0 Å². The molecule has 0 fully saturated rings. The first-order valence-electron chi connectivity index (χ1n) is 4.82. The van der Waals surface area contributed by atoms with E-state index in [1.807, 2.05) is 0 Å². The lowest BCUT2D eigenvalue weighted by Crippen LogP contribution is -2.54. The van der Waals surface area contributed by atoms with Crippen LogP contribution in [0.4, 0.5) is 8.78 Å². The van der Waals surface area contributed by atoms with Gasteiger partial charge in [-0.3, -0.25) is 4.79 Å². The summed E-state index contributed by atoms with van der Waals surface area (Å²) in [6, 6.07) is 0. The van der Waals surface area contributed by atoms with Gasteiger partial charge >= 0.3 is 0 Å². The van der Waals surface area contributed by atoms with Crippen molar-refractivity contribution >= 4 is 5.91 Å². The van der Waals surface area contributed by atoms with Gasteiger partial charge in [-0.25, -0.2) is 8.78 Å². The quantitative estimate of drug-likeness (QED) is 0.677. The van der Waals surface area contributed by atoms with Crippen LogP contribution in [-0.4, -0.2) is 47.6 Å². The molecule has 0 aromatic heterocycles. The monoisotopic (exact) mass is 224 g/mol. The Morgan fingerprint density at radius 1 is 1.60 bits per heavy atom. The standard InChI is InChI=1S/C9H18F2N2O2/c1-3-9(2,12)8(15)13(4-5-14)6-7(10)11/h7,14H,3-6,12H2,1-2H3. The molecule has 0 aliphatic rings. The van der Waals surface area contributed by atoms with Gasteiger partial charge in [0.15, 0.2) is 0 Å². The van der Waals surface area contributed by atoms with E-state index >= 15 is 0 Å². The highest BCUT2D eigenvalue weighted by Crippen LogP contribution is 2.11. The van der Waals surface area contributed by atoms with E-state index < -0.39 is 24.4 Å². The molecule has 1 amide bonds.